The summed E-state index contributed by atoms with van der Waals surface area (Å²) in [5, 5.41) is 3.98. The second-order valence-corrected chi connectivity index (χ2v) is 13.9. The zero-order chi connectivity index (χ0) is 41.4. The van der Waals surface area contributed by atoms with Gasteiger partial charge in [0.25, 0.3) is 0 Å². The van der Waals surface area contributed by atoms with Gasteiger partial charge in [-0.1, -0.05) is 139 Å². The molecule has 0 amide bonds. The fourth-order valence-electron chi connectivity index (χ4n) is 8.08. The zero-order valence-corrected chi connectivity index (χ0v) is 30.0. The van der Waals surface area contributed by atoms with Crippen LogP contribution in [0.5, 0.6) is 0 Å². The van der Waals surface area contributed by atoms with Gasteiger partial charge in [-0.15, -0.1) is 0 Å². The first kappa shape index (κ1) is 27.1. The molecule has 0 atom stereocenters. The van der Waals surface area contributed by atoms with Crippen LogP contribution >= 0.6 is 0 Å². The Balaban J connectivity index is 0.992. The third-order valence-corrected chi connectivity index (χ3v) is 10.7. The molecule has 56 heavy (non-hydrogen) atoms. The van der Waals surface area contributed by atoms with E-state index in [1.54, 1.807) is 4.57 Å². The molecule has 4 nitrogen and oxygen atoms in total. The van der Waals surface area contributed by atoms with E-state index in [1.165, 1.54) is 11.1 Å². The largest absolute Gasteiger partial charge is 0.309 e. The van der Waals surface area contributed by atoms with E-state index in [0.717, 1.165) is 77.1 Å². The van der Waals surface area contributed by atoms with Crippen molar-refractivity contribution >= 4 is 43.6 Å². The summed E-state index contributed by atoms with van der Waals surface area (Å²) in [7, 11) is 0. The molecular weight excluding hydrogens is 681 g/mol. The molecule has 0 saturated heterocycles. The van der Waals surface area contributed by atoms with Crippen molar-refractivity contribution in [3.63, 3.8) is 0 Å². The number of hydrogen-bond donors (Lipinski definition) is 0. The van der Waals surface area contributed by atoms with E-state index in [0.29, 0.717) is 5.95 Å². The van der Waals surface area contributed by atoms with Gasteiger partial charge in [0.05, 0.1) is 34.6 Å². The van der Waals surface area contributed by atoms with Gasteiger partial charge in [-0.2, -0.15) is 0 Å². The van der Waals surface area contributed by atoms with Crippen molar-refractivity contribution in [1.29, 1.82) is 0 Å². The Labute approximate surface area is 331 Å². The summed E-state index contributed by atoms with van der Waals surface area (Å²) in [5.74, 6) is 0.580. The fourth-order valence-corrected chi connectivity index (χ4v) is 8.08. The summed E-state index contributed by atoms with van der Waals surface area (Å²) in [6.07, 6.45) is 1.82. The summed E-state index contributed by atoms with van der Waals surface area (Å²) in [6, 6.07) is 56.6. The standard InChI is InChI=1S/C52H34N4/c1-3-12-35(13-4-1)36-22-24-37(25-23-36)38-14-11-15-41(32-38)47-30-31-53-52(54-47)56-49-21-10-8-19-44(49)46-34-40(27-29-51(46)56)39-26-28-50-45(33-39)43-18-7-9-20-48(43)55(50)42-16-5-2-6-17-42/h1-34H/i2D,5D,6D,16D,17D. The predicted molar refractivity (Wildman–Crippen MR) is 232 cm³/mol. The molecule has 4 heteroatoms. The van der Waals surface area contributed by atoms with E-state index in [9.17, 15) is 0 Å². The van der Waals surface area contributed by atoms with Crippen molar-refractivity contribution in [3.8, 4) is 56.3 Å². The Morgan fingerprint density at radius 1 is 0.375 bits per heavy atom. The quantitative estimate of drug-likeness (QED) is 0.171. The monoisotopic (exact) mass is 719 g/mol. The summed E-state index contributed by atoms with van der Waals surface area (Å²) in [4.78, 5) is 9.98. The molecule has 0 saturated carbocycles. The van der Waals surface area contributed by atoms with E-state index in [1.807, 2.05) is 66.9 Å². The molecule has 8 aromatic carbocycles. The Morgan fingerprint density at radius 2 is 0.875 bits per heavy atom. The smallest absolute Gasteiger partial charge is 0.235 e. The minimum absolute atomic E-state index is 0.131. The van der Waals surface area contributed by atoms with Gasteiger partial charge in [0.15, 0.2) is 0 Å². The van der Waals surface area contributed by atoms with Gasteiger partial charge in [0.2, 0.25) is 5.95 Å². The predicted octanol–water partition coefficient (Wildman–Crippen LogP) is 13.3. The minimum atomic E-state index is -0.412. The Morgan fingerprint density at radius 3 is 1.57 bits per heavy atom. The number of fused-ring (bicyclic) bond motifs is 6. The average Bonchev–Trinajstić information content (AvgIpc) is 3.83. The van der Waals surface area contributed by atoms with E-state index in [2.05, 4.69) is 114 Å². The molecule has 262 valence electrons. The zero-order valence-electron chi connectivity index (χ0n) is 35.0. The maximum Gasteiger partial charge on any atom is 0.235 e. The lowest BCUT2D eigenvalue weighted by Gasteiger charge is -2.10. The molecule has 0 N–H and O–H groups in total. The molecule has 3 aromatic heterocycles. The van der Waals surface area contributed by atoms with Crippen molar-refractivity contribution in [3.05, 3.63) is 206 Å². The van der Waals surface area contributed by atoms with Crippen LogP contribution in [0.4, 0.5) is 0 Å². The van der Waals surface area contributed by atoms with E-state index >= 15 is 0 Å². The first-order chi connectivity index (χ1) is 29.8. The molecule has 0 aliphatic carbocycles. The Kier molecular flexibility index (Phi) is 6.33. The molecule has 11 rings (SSSR count). The summed E-state index contributed by atoms with van der Waals surface area (Å²) < 4.78 is 46.3. The number of hydrogen-bond acceptors (Lipinski definition) is 2. The van der Waals surface area contributed by atoms with Crippen LogP contribution in [0.3, 0.4) is 0 Å². The number of benzene rings is 8. The van der Waals surface area contributed by atoms with Crippen molar-refractivity contribution in [2.24, 2.45) is 0 Å². The summed E-state index contributed by atoms with van der Waals surface area (Å²) >= 11 is 0. The first-order valence-electron chi connectivity index (χ1n) is 21.1. The fraction of sp³-hybridized carbons (Fsp3) is 0. The van der Waals surface area contributed by atoms with Crippen LogP contribution in [0.2, 0.25) is 0 Å². The lowest BCUT2D eigenvalue weighted by atomic mass is 9.98. The number of rotatable bonds is 6. The molecule has 3 heterocycles. The number of aromatic nitrogens is 4. The molecule has 0 aliphatic heterocycles. The van der Waals surface area contributed by atoms with Gasteiger partial charge < -0.3 is 4.57 Å². The molecule has 0 spiro atoms. The normalized spacial score (nSPS) is 12.8. The molecule has 0 aliphatic rings. The second kappa shape index (κ2) is 13.1. The van der Waals surface area contributed by atoms with E-state index in [4.69, 9.17) is 16.8 Å². The van der Waals surface area contributed by atoms with E-state index in [-0.39, 0.29) is 29.9 Å². The van der Waals surface area contributed by atoms with Crippen LogP contribution in [0, 0.1) is 0 Å². The molecular formula is C52H34N4. The average molecular weight is 720 g/mol. The molecule has 0 unspecified atom stereocenters. The first-order valence-corrected chi connectivity index (χ1v) is 18.6. The minimum Gasteiger partial charge on any atom is -0.309 e. The van der Waals surface area contributed by atoms with Crippen LogP contribution in [-0.4, -0.2) is 19.1 Å². The highest BCUT2D eigenvalue weighted by molar-refractivity contribution is 6.12. The molecule has 0 bridgehead atoms. The van der Waals surface area contributed by atoms with Crippen molar-refractivity contribution in [1.82, 2.24) is 19.1 Å². The third-order valence-electron chi connectivity index (χ3n) is 10.7. The highest BCUT2D eigenvalue weighted by Gasteiger charge is 2.17. The maximum absolute atomic E-state index is 8.77. The van der Waals surface area contributed by atoms with Crippen molar-refractivity contribution in [2.75, 3.05) is 0 Å². The molecule has 0 radical (unpaired) electrons. The van der Waals surface area contributed by atoms with Gasteiger partial charge in [0, 0.05) is 39.0 Å². The topological polar surface area (TPSA) is 35.6 Å². The summed E-state index contributed by atoms with van der Waals surface area (Å²) in [5.41, 5.74) is 12.1. The highest BCUT2D eigenvalue weighted by atomic mass is 15.2. The maximum atomic E-state index is 8.77. The van der Waals surface area contributed by atoms with Crippen LogP contribution < -0.4 is 0 Å². The van der Waals surface area contributed by atoms with Crippen LogP contribution in [-0.2, 0) is 0 Å². The molecule has 0 fully saturated rings. The highest BCUT2D eigenvalue weighted by Crippen LogP contribution is 2.38. The number of nitrogens with zero attached hydrogens (tertiary/aromatic N) is 4. The van der Waals surface area contributed by atoms with Gasteiger partial charge in [-0.3, -0.25) is 4.57 Å². The van der Waals surface area contributed by atoms with Gasteiger partial charge in [-0.05, 0) is 94.0 Å². The third kappa shape index (κ3) is 5.31. The lowest BCUT2D eigenvalue weighted by Crippen LogP contribution is -2.01. The molecule has 11 aromatic rings. The lowest BCUT2D eigenvalue weighted by molar-refractivity contribution is 0.992. The van der Waals surface area contributed by atoms with Gasteiger partial charge in [0.1, 0.15) is 0 Å². The Bertz CT molecular complexity index is 3510. The van der Waals surface area contributed by atoms with Gasteiger partial charge in [-0.25, -0.2) is 9.97 Å². The van der Waals surface area contributed by atoms with Crippen molar-refractivity contribution < 1.29 is 6.85 Å². The van der Waals surface area contributed by atoms with Crippen LogP contribution in [0.1, 0.15) is 6.85 Å². The SMILES string of the molecule is [2H]c1c([2H])c([2H])c(-n2c3ccccc3c3cc(-c4ccc5c(c4)c4ccccc4n5-c4nccc(-c5cccc(-c6ccc(-c7ccccc7)cc6)c5)n4)ccc32)c([2H])c1[2H]. The second-order valence-electron chi connectivity index (χ2n) is 13.9. The van der Waals surface area contributed by atoms with Crippen LogP contribution in [0.25, 0.3) is 99.9 Å². The van der Waals surface area contributed by atoms with Crippen molar-refractivity contribution in [2.45, 2.75) is 0 Å². The van der Waals surface area contributed by atoms with Gasteiger partial charge >= 0.3 is 0 Å². The van der Waals surface area contributed by atoms with Crippen LogP contribution in [0.15, 0.2) is 206 Å². The van der Waals surface area contributed by atoms with E-state index < -0.39 is 6.04 Å². The summed E-state index contributed by atoms with van der Waals surface area (Å²) in [6.45, 7) is 0. The number of para-hydroxylation sites is 3. The Hall–Kier alpha value is -7.56.